The van der Waals surface area contributed by atoms with Crippen LogP contribution in [0.1, 0.15) is 27.4 Å². The van der Waals surface area contributed by atoms with E-state index in [9.17, 15) is 18.0 Å². The number of halogens is 3. The van der Waals surface area contributed by atoms with E-state index in [4.69, 9.17) is 4.52 Å². The second kappa shape index (κ2) is 7.49. The zero-order valence-corrected chi connectivity index (χ0v) is 14.4. The number of hydrogen-bond donors (Lipinski definition) is 0. The molecule has 1 aliphatic rings. The lowest BCUT2D eigenvalue weighted by Crippen LogP contribution is -2.49. The number of carbonyl (C=O) groups is 1. The van der Waals surface area contributed by atoms with E-state index in [0.717, 1.165) is 6.07 Å². The van der Waals surface area contributed by atoms with E-state index in [1.54, 1.807) is 24.0 Å². The molecule has 1 aliphatic heterocycles. The zero-order valence-electron chi connectivity index (χ0n) is 14.4. The Bertz CT molecular complexity index is 765. The van der Waals surface area contributed by atoms with E-state index in [1.165, 1.54) is 12.1 Å². The Kier molecular flexibility index (Phi) is 5.31. The van der Waals surface area contributed by atoms with Crippen molar-refractivity contribution in [1.29, 1.82) is 0 Å². The van der Waals surface area contributed by atoms with E-state index in [0.29, 0.717) is 50.5 Å². The third-order valence-corrected chi connectivity index (χ3v) is 4.53. The number of amides is 1. The average molecular weight is 367 g/mol. The van der Waals surface area contributed by atoms with Gasteiger partial charge in [-0.25, -0.2) is 0 Å². The van der Waals surface area contributed by atoms with Crippen molar-refractivity contribution in [3.63, 3.8) is 0 Å². The van der Waals surface area contributed by atoms with E-state index in [1.807, 2.05) is 0 Å². The Morgan fingerprint density at radius 1 is 1.19 bits per heavy atom. The maximum Gasteiger partial charge on any atom is 0.416 e. The maximum atomic E-state index is 13.0. The highest BCUT2D eigenvalue weighted by Gasteiger charge is 2.33. The lowest BCUT2D eigenvalue weighted by atomic mass is 10.0. The molecule has 2 aromatic rings. The van der Waals surface area contributed by atoms with Gasteiger partial charge in [-0.2, -0.15) is 13.2 Å². The number of aryl methyl sites for hydroxylation is 1. The fraction of sp³-hybridized carbons (Fsp3) is 0.444. The van der Waals surface area contributed by atoms with Crippen LogP contribution in [0.25, 0.3) is 0 Å². The summed E-state index contributed by atoms with van der Waals surface area (Å²) < 4.78 is 44.1. The maximum absolute atomic E-state index is 13.0. The van der Waals surface area contributed by atoms with E-state index < -0.39 is 11.7 Å². The van der Waals surface area contributed by atoms with Crippen molar-refractivity contribution in [3.8, 4) is 0 Å². The van der Waals surface area contributed by atoms with Crippen molar-refractivity contribution < 1.29 is 22.5 Å². The molecule has 5 nitrogen and oxygen atoms in total. The summed E-state index contributed by atoms with van der Waals surface area (Å²) in [5.41, 5.74) is 0.0156. The first-order chi connectivity index (χ1) is 12.3. The van der Waals surface area contributed by atoms with Gasteiger partial charge in [0.1, 0.15) is 5.76 Å². The first-order valence-electron chi connectivity index (χ1n) is 8.44. The first kappa shape index (κ1) is 18.4. The molecule has 0 N–H and O–H groups in total. The summed E-state index contributed by atoms with van der Waals surface area (Å²) in [5, 5.41) is 3.73. The topological polar surface area (TPSA) is 49.6 Å². The number of hydrogen-bond acceptors (Lipinski definition) is 4. The highest BCUT2D eigenvalue weighted by molar-refractivity contribution is 5.92. The van der Waals surface area contributed by atoms with E-state index >= 15 is 0 Å². The number of aromatic nitrogens is 1. The van der Waals surface area contributed by atoms with Crippen LogP contribution in [-0.4, -0.2) is 53.6 Å². The number of nitrogens with zero attached hydrogens (tertiary/aromatic N) is 3. The van der Waals surface area contributed by atoms with Gasteiger partial charge in [-0.1, -0.05) is 23.4 Å². The van der Waals surface area contributed by atoms with Crippen molar-refractivity contribution >= 4 is 5.91 Å². The quantitative estimate of drug-likeness (QED) is 0.834. The Morgan fingerprint density at radius 2 is 1.88 bits per heavy atom. The van der Waals surface area contributed by atoms with Crippen LogP contribution >= 0.6 is 0 Å². The Labute approximate surface area is 149 Å². The van der Waals surface area contributed by atoms with Crippen molar-refractivity contribution in [2.24, 2.45) is 0 Å². The molecule has 0 atom stereocenters. The largest absolute Gasteiger partial charge is 0.416 e. The molecule has 0 unspecified atom stereocenters. The summed E-state index contributed by atoms with van der Waals surface area (Å²) in [5.74, 6) is 0.402. The molecule has 0 radical (unpaired) electrons. The molecule has 140 valence electrons. The van der Waals surface area contributed by atoms with Gasteiger partial charge >= 0.3 is 6.18 Å². The normalized spacial score (nSPS) is 16.1. The van der Waals surface area contributed by atoms with Crippen LogP contribution in [0.15, 0.2) is 34.9 Å². The molecule has 0 bridgehead atoms. The summed E-state index contributed by atoms with van der Waals surface area (Å²) in [6.45, 7) is 4.53. The molecule has 3 rings (SSSR count). The smallest absolute Gasteiger partial charge is 0.361 e. The van der Waals surface area contributed by atoms with Gasteiger partial charge in [-0.3, -0.25) is 9.69 Å². The Morgan fingerprint density at radius 3 is 2.50 bits per heavy atom. The number of alkyl halides is 3. The van der Waals surface area contributed by atoms with Crippen molar-refractivity contribution in [3.05, 3.63) is 52.9 Å². The fourth-order valence-electron chi connectivity index (χ4n) is 3.10. The molecule has 0 spiro atoms. The molecule has 26 heavy (non-hydrogen) atoms. The number of carbonyl (C=O) groups excluding carboxylic acids is 1. The Hall–Kier alpha value is -2.35. The lowest BCUT2D eigenvalue weighted by Gasteiger charge is -2.34. The van der Waals surface area contributed by atoms with Crippen LogP contribution in [0.3, 0.4) is 0 Å². The molecule has 1 amide bonds. The van der Waals surface area contributed by atoms with Gasteiger partial charge in [0.25, 0.3) is 5.91 Å². The predicted molar refractivity (Wildman–Crippen MR) is 88.7 cm³/mol. The van der Waals surface area contributed by atoms with E-state index in [2.05, 4.69) is 10.1 Å². The van der Waals surface area contributed by atoms with Gasteiger partial charge in [0.2, 0.25) is 0 Å². The van der Waals surface area contributed by atoms with Gasteiger partial charge in [0, 0.05) is 38.8 Å². The highest BCUT2D eigenvalue weighted by atomic mass is 19.4. The molecule has 1 aromatic heterocycles. The second-order valence-electron chi connectivity index (χ2n) is 6.36. The van der Waals surface area contributed by atoms with Crippen molar-refractivity contribution in [1.82, 2.24) is 15.0 Å². The minimum Gasteiger partial charge on any atom is -0.361 e. The van der Waals surface area contributed by atoms with Gasteiger partial charge in [-0.05, 0) is 25.0 Å². The average Bonchev–Trinajstić information content (AvgIpc) is 3.06. The third-order valence-electron chi connectivity index (χ3n) is 4.53. The van der Waals surface area contributed by atoms with Gasteiger partial charge < -0.3 is 9.42 Å². The number of rotatable bonds is 4. The van der Waals surface area contributed by atoms with Crippen LogP contribution in [0, 0.1) is 6.92 Å². The van der Waals surface area contributed by atoms with Crippen LogP contribution in [0.2, 0.25) is 0 Å². The summed E-state index contributed by atoms with van der Waals surface area (Å²) in [6, 6.07) is 7.27. The first-order valence-corrected chi connectivity index (χ1v) is 8.44. The summed E-state index contributed by atoms with van der Waals surface area (Å²) in [4.78, 5) is 16.1. The molecule has 2 heterocycles. The monoisotopic (exact) mass is 367 g/mol. The van der Waals surface area contributed by atoms with Crippen LogP contribution in [0.5, 0.6) is 0 Å². The van der Waals surface area contributed by atoms with Crippen LogP contribution in [-0.2, 0) is 12.6 Å². The molecule has 0 saturated carbocycles. The van der Waals surface area contributed by atoms with Crippen molar-refractivity contribution in [2.45, 2.75) is 19.5 Å². The van der Waals surface area contributed by atoms with Crippen molar-refractivity contribution in [2.75, 3.05) is 32.7 Å². The summed E-state index contributed by atoms with van der Waals surface area (Å²) in [7, 11) is 0. The molecule has 8 heteroatoms. The fourth-order valence-corrected chi connectivity index (χ4v) is 3.10. The molecule has 1 saturated heterocycles. The zero-order chi connectivity index (χ0) is 18.7. The lowest BCUT2D eigenvalue weighted by molar-refractivity contribution is -0.138. The minimum atomic E-state index is -4.34. The molecular formula is C18H20F3N3O2. The second-order valence-corrected chi connectivity index (χ2v) is 6.36. The molecular weight excluding hydrogens is 347 g/mol. The van der Waals surface area contributed by atoms with E-state index in [-0.39, 0.29) is 11.6 Å². The minimum absolute atomic E-state index is 0.177. The Balaban J connectivity index is 1.53. The number of piperazine rings is 1. The van der Waals surface area contributed by atoms with Gasteiger partial charge in [0.15, 0.2) is 5.69 Å². The summed E-state index contributed by atoms with van der Waals surface area (Å²) in [6.07, 6.45) is -4.01. The highest BCUT2D eigenvalue weighted by Crippen LogP contribution is 2.32. The predicted octanol–water partition coefficient (Wildman–Crippen LogP) is 3.00. The SMILES string of the molecule is Cc1cc(C(=O)N2CCN(CCc3ccccc3C(F)(F)F)CC2)no1. The van der Waals surface area contributed by atoms with Gasteiger partial charge in [0.05, 0.1) is 5.56 Å². The van der Waals surface area contributed by atoms with Crippen LogP contribution < -0.4 is 0 Å². The molecule has 1 fully saturated rings. The van der Waals surface area contributed by atoms with Gasteiger partial charge in [-0.15, -0.1) is 0 Å². The molecule has 1 aromatic carbocycles. The summed E-state index contributed by atoms with van der Waals surface area (Å²) >= 11 is 0. The standard InChI is InChI=1S/C18H20F3N3O2/c1-13-12-16(22-26-13)17(25)24-10-8-23(9-11-24)7-6-14-4-2-3-5-15(14)18(19,20)21/h2-5,12H,6-11H2,1H3. The van der Waals surface area contributed by atoms with Crippen LogP contribution in [0.4, 0.5) is 13.2 Å². The number of benzene rings is 1. The molecule has 0 aliphatic carbocycles. The third kappa shape index (κ3) is 4.24.